The molecule has 2 N–H and O–H groups in total. The summed E-state index contributed by atoms with van der Waals surface area (Å²) in [5.74, 6) is -1.14. The standard InChI is InChI=1S/C15H21NO6S/c1-10-7-13(22-3)14(8-11(10)2)23(20,21)16-9-12(17)5-4-6-15(18)19/h7-8,16H,4-6,9H2,1-3H3,(H,18,19). The number of carboxylic acid groups (broad SMARTS) is 1. The van der Waals surface area contributed by atoms with Gasteiger partial charge in [0.05, 0.1) is 13.7 Å². The predicted molar refractivity (Wildman–Crippen MR) is 84.2 cm³/mol. The van der Waals surface area contributed by atoms with E-state index in [0.29, 0.717) is 0 Å². The molecule has 0 amide bonds. The molecule has 128 valence electrons. The molecule has 1 rings (SSSR count). The van der Waals surface area contributed by atoms with Crippen LogP contribution in [0.25, 0.3) is 0 Å². The van der Waals surface area contributed by atoms with Crippen molar-refractivity contribution in [2.75, 3.05) is 13.7 Å². The largest absolute Gasteiger partial charge is 0.495 e. The highest BCUT2D eigenvalue weighted by Gasteiger charge is 2.21. The van der Waals surface area contributed by atoms with Crippen molar-refractivity contribution in [2.24, 2.45) is 0 Å². The predicted octanol–water partition coefficient (Wildman–Crippen LogP) is 1.41. The Hall–Kier alpha value is -1.93. The van der Waals surface area contributed by atoms with E-state index in [1.807, 2.05) is 6.92 Å². The van der Waals surface area contributed by atoms with Crippen LogP contribution in [0.2, 0.25) is 0 Å². The molecule has 0 atom stereocenters. The first-order valence-corrected chi connectivity index (χ1v) is 8.54. The second-order valence-corrected chi connectivity index (χ2v) is 6.93. The number of aryl methyl sites for hydroxylation is 2. The van der Waals surface area contributed by atoms with Crippen molar-refractivity contribution >= 4 is 21.8 Å². The van der Waals surface area contributed by atoms with Gasteiger partial charge in [0.1, 0.15) is 16.4 Å². The van der Waals surface area contributed by atoms with Crippen molar-refractivity contribution in [3.8, 4) is 5.75 Å². The molecule has 0 saturated heterocycles. The van der Waals surface area contributed by atoms with Gasteiger partial charge in [-0.25, -0.2) is 13.1 Å². The maximum absolute atomic E-state index is 12.3. The van der Waals surface area contributed by atoms with Crippen molar-refractivity contribution in [3.63, 3.8) is 0 Å². The number of Topliss-reactive ketones (excluding diaryl/α,β-unsaturated/α-hetero) is 1. The minimum atomic E-state index is -3.89. The lowest BCUT2D eigenvalue weighted by molar-refractivity contribution is -0.137. The van der Waals surface area contributed by atoms with Gasteiger partial charge in [-0.05, 0) is 43.5 Å². The Morgan fingerprint density at radius 1 is 1.17 bits per heavy atom. The van der Waals surface area contributed by atoms with Gasteiger partial charge in [-0.3, -0.25) is 9.59 Å². The van der Waals surface area contributed by atoms with Gasteiger partial charge >= 0.3 is 5.97 Å². The zero-order chi connectivity index (χ0) is 17.6. The highest BCUT2D eigenvalue weighted by Crippen LogP contribution is 2.27. The SMILES string of the molecule is COc1cc(C)c(C)cc1S(=O)(=O)NCC(=O)CCCC(=O)O. The molecule has 0 radical (unpaired) electrons. The molecule has 23 heavy (non-hydrogen) atoms. The third-order valence-corrected chi connectivity index (χ3v) is 4.80. The molecule has 0 fully saturated rings. The normalized spacial score (nSPS) is 11.3. The maximum Gasteiger partial charge on any atom is 0.303 e. The summed E-state index contributed by atoms with van der Waals surface area (Å²) in [6.45, 7) is 3.25. The number of ketones is 1. The number of carbonyl (C=O) groups is 2. The molecule has 0 bridgehead atoms. The third kappa shape index (κ3) is 5.65. The van der Waals surface area contributed by atoms with Gasteiger partial charge in [0.2, 0.25) is 10.0 Å². The van der Waals surface area contributed by atoms with E-state index in [1.54, 1.807) is 13.0 Å². The number of aliphatic carboxylic acids is 1. The van der Waals surface area contributed by atoms with Crippen LogP contribution in [0.3, 0.4) is 0 Å². The molecule has 0 saturated carbocycles. The number of benzene rings is 1. The van der Waals surface area contributed by atoms with Crippen molar-refractivity contribution in [1.82, 2.24) is 4.72 Å². The molecule has 0 aliphatic carbocycles. The number of ether oxygens (including phenoxy) is 1. The number of rotatable bonds is 9. The van der Waals surface area contributed by atoms with E-state index >= 15 is 0 Å². The van der Waals surface area contributed by atoms with Crippen LogP contribution < -0.4 is 9.46 Å². The smallest absolute Gasteiger partial charge is 0.303 e. The van der Waals surface area contributed by atoms with E-state index < -0.39 is 16.0 Å². The van der Waals surface area contributed by atoms with Gasteiger partial charge in [-0.2, -0.15) is 0 Å². The molecule has 0 spiro atoms. The van der Waals surface area contributed by atoms with Crippen LogP contribution in [0, 0.1) is 13.8 Å². The molecule has 1 aromatic rings. The average molecular weight is 343 g/mol. The second-order valence-electron chi connectivity index (χ2n) is 5.20. The lowest BCUT2D eigenvalue weighted by atomic mass is 10.1. The highest BCUT2D eigenvalue weighted by molar-refractivity contribution is 7.89. The molecule has 0 unspecified atom stereocenters. The summed E-state index contributed by atoms with van der Waals surface area (Å²) in [6, 6.07) is 3.12. The summed E-state index contributed by atoms with van der Waals surface area (Å²) in [5, 5.41) is 8.50. The minimum absolute atomic E-state index is 0.0128. The lowest BCUT2D eigenvalue weighted by Crippen LogP contribution is -2.30. The van der Waals surface area contributed by atoms with Crippen LogP contribution in [0.15, 0.2) is 17.0 Å². The second kappa shape index (κ2) is 8.07. The fourth-order valence-corrected chi connectivity index (χ4v) is 3.16. The van der Waals surface area contributed by atoms with E-state index in [2.05, 4.69) is 4.72 Å². The molecule has 0 aliphatic rings. The summed E-state index contributed by atoms with van der Waals surface area (Å²) in [4.78, 5) is 22.0. The van der Waals surface area contributed by atoms with Gasteiger partial charge in [-0.15, -0.1) is 0 Å². The lowest BCUT2D eigenvalue weighted by Gasteiger charge is -2.13. The number of carbonyl (C=O) groups excluding carboxylic acids is 1. The Morgan fingerprint density at radius 2 is 1.78 bits per heavy atom. The number of methoxy groups -OCH3 is 1. The first-order chi connectivity index (χ1) is 10.7. The number of hydrogen-bond donors (Lipinski definition) is 2. The van der Waals surface area contributed by atoms with Gasteiger partial charge in [0.15, 0.2) is 0 Å². The molecule has 0 aliphatic heterocycles. The Kier molecular flexibility index (Phi) is 6.71. The summed E-state index contributed by atoms with van der Waals surface area (Å²) < 4.78 is 32.0. The molecule has 7 nitrogen and oxygen atoms in total. The monoisotopic (exact) mass is 343 g/mol. The Bertz CT molecular complexity index is 696. The fraction of sp³-hybridized carbons (Fsp3) is 0.467. The van der Waals surface area contributed by atoms with Crippen molar-refractivity contribution in [1.29, 1.82) is 0 Å². The van der Waals surface area contributed by atoms with Gasteiger partial charge in [0.25, 0.3) is 0 Å². The van der Waals surface area contributed by atoms with Crippen LogP contribution in [0.1, 0.15) is 30.4 Å². The van der Waals surface area contributed by atoms with Crippen LogP contribution in [-0.4, -0.2) is 38.9 Å². The van der Waals surface area contributed by atoms with Crippen molar-refractivity contribution in [3.05, 3.63) is 23.3 Å². The van der Waals surface area contributed by atoms with Gasteiger partial charge in [0, 0.05) is 12.8 Å². The van der Waals surface area contributed by atoms with E-state index in [9.17, 15) is 18.0 Å². The molecular formula is C15H21NO6S. The summed E-state index contributed by atoms with van der Waals surface area (Å²) in [5.41, 5.74) is 1.68. The first kappa shape index (κ1) is 19.1. The van der Waals surface area contributed by atoms with Crippen LogP contribution in [0.4, 0.5) is 0 Å². The molecule has 0 heterocycles. The first-order valence-electron chi connectivity index (χ1n) is 7.05. The molecule has 8 heteroatoms. The Morgan fingerprint density at radius 3 is 2.35 bits per heavy atom. The van der Waals surface area contributed by atoms with Gasteiger partial charge < -0.3 is 9.84 Å². The highest BCUT2D eigenvalue weighted by atomic mass is 32.2. The van der Waals surface area contributed by atoms with Crippen LogP contribution in [-0.2, 0) is 19.6 Å². The molecule has 1 aromatic carbocycles. The summed E-state index contributed by atoms with van der Waals surface area (Å²) in [7, 11) is -2.52. The molecular weight excluding hydrogens is 322 g/mol. The van der Waals surface area contributed by atoms with E-state index in [0.717, 1.165) is 11.1 Å². The van der Waals surface area contributed by atoms with Gasteiger partial charge in [-0.1, -0.05) is 0 Å². The fourth-order valence-electron chi connectivity index (χ4n) is 1.91. The molecule has 0 aromatic heterocycles. The average Bonchev–Trinajstić information content (AvgIpc) is 2.47. The number of hydrogen-bond acceptors (Lipinski definition) is 5. The Balaban J connectivity index is 2.78. The number of nitrogens with one attached hydrogen (secondary N) is 1. The zero-order valence-electron chi connectivity index (χ0n) is 13.4. The van der Waals surface area contributed by atoms with Crippen LogP contribution in [0.5, 0.6) is 5.75 Å². The number of carboxylic acids is 1. The van der Waals surface area contributed by atoms with Crippen LogP contribution >= 0.6 is 0 Å². The quantitative estimate of drug-likeness (QED) is 0.701. The zero-order valence-corrected chi connectivity index (χ0v) is 14.2. The van der Waals surface area contributed by atoms with Crippen molar-refractivity contribution in [2.45, 2.75) is 38.0 Å². The number of sulfonamides is 1. The summed E-state index contributed by atoms with van der Waals surface area (Å²) >= 11 is 0. The van der Waals surface area contributed by atoms with Crippen molar-refractivity contribution < 1.29 is 27.9 Å². The minimum Gasteiger partial charge on any atom is -0.495 e. The Labute approximate surface area is 135 Å². The third-order valence-electron chi connectivity index (χ3n) is 3.38. The van der Waals surface area contributed by atoms with E-state index in [-0.39, 0.29) is 42.2 Å². The van der Waals surface area contributed by atoms with E-state index in [4.69, 9.17) is 9.84 Å². The summed E-state index contributed by atoms with van der Waals surface area (Å²) in [6.07, 6.45) is 0.0746. The maximum atomic E-state index is 12.3. The topological polar surface area (TPSA) is 110 Å². The van der Waals surface area contributed by atoms with E-state index in [1.165, 1.54) is 13.2 Å².